The van der Waals surface area contributed by atoms with E-state index in [0.717, 1.165) is 18.1 Å². The maximum Gasteiger partial charge on any atom is 0.237 e. The fraction of sp³-hybridized carbons (Fsp3) is 0.643. The lowest BCUT2D eigenvalue weighted by Crippen LogP contribution is -2.43. The number of nitrogens with one attached hydrogen (secondary N) is 2. The van der Waals surface area contributed by atoms with E-state index in [9.17, 15) is 4.79 Å². The van der Waals surface area contributed by atoms with Crippen LogP contribution in [0.2, 0.25) is 0 Å². The van der Waals surface area contributed by atoms with E-state index in [2.05, 4.69) is 10.6 Å². The second-order valence-corrected chi connectivity index (χ2v) is 5.47. The first-order valence-electron chi connectivity index (χ1n) is 6.80. The quantitative estimate of drug-likeness (QED) is 0.854. The zero-order chi connectivity index (χ0) is 12.5. The Bertz CT molecular complexity index is 441. The Kier molecular flexibility index (Phi) is 3.12. The molecule has 0 aromatic carbocycles. The van der Waals surface area contributed by atoms with Crippen LogP contribution in [0.3, 0.4) is 0 Å². The Morgan fingerprint density at radius 1 is 1.50 bits per heavy atom. The van der Waals surface area contributed by atoms with Gasteiger partial charge >= 0.3 is 0 Å². The van der Waals surface area contributed by atoms with Crippen molar-refractivity contribution >= 4 is 5.91 Å². The molecular formula is C14H20N2O2. The summed E-state index contributed by atoms with van der Waals surface area (Å²) in [5, 5.41) is 6.33. The van der Waals surface area contributed by atoms with Crippen LogP contribution < -0.4 is 10.6 Å². The molecule has 1 aromatic heterocycles. The topological polar surface area (TPSA) is 54.3 Å². The fourth-order valence-electron chi connectivity index (χ4n) is 3.34. The van der Waals surface area contributed by atoms with Crippen LogP contribution in [0.5, 0.6) is 0 Å². The van der Waals surface area contributed by atoms with E-state index < -0.39 is 0 Å². The maximum atomic E-state index is 12.2. The standard InChI is InChI=1S/C14H20N2O2/c1-9-5-6-11(18-9)8-16-14(17)13-12-4-2-3-10(12)7-15-13/h5-6,10,12-13,15H,2-4,7-8H2,1H3,(H,16,17). The van der Waals surface area contributed by atoms with Gasteiger partial charge < -0.3 is 15.1 Å². The van der Waals surface area contributed by atoms with Crippen LogP contribution in [0.4, 0.5) is 0 Å². The van der Waals surface area contributed by atoms with Crippen molar-refractivity contribution < 1.29 is 9.21 Å². The average Bonchev–Trinajstić information content (AvgIpc) is 3.01. The summed E-state index contributed by atoms with van der Waals surface area (Å²) in [6.07, 6.45) is 3.74. The molecule has 1 amide bonds. The van der Waals surface area contributed by atoms with E-state index in [1.807, 2.05) is 19.1 Å². The van der Waals surface area contributed by atoms with Crippen molar-refractivity contribution in [3.8, 4) is 0 Å². The number of fused-ring (bicyclic) bond motifs is 1. The first-order valence-corrected chi connectivity index (χ1v) is 6.80. The second kappa shape index (κ2) is 4.76. The molecule has 18 heavy (non-hydrogen) atoms. The number of hydrogen-bond donors (Lipinski definition) is 2. The third-order valence-electron chi connectivity index (χ3n) is 4.26. The highest BCUT2D eigenvalue weighted by Crippen LogP contribution is 2.37. The smallest absolute Gasteiger partial charge is 0.237 e. The Hall–Kier alpha value is -1.29. The Labute approximate surface area is 107 Å². The molecule has 3 rings (SSSR count). The van der Waals surface area contributed by atoms with Crippen LogP contribution in [0.25, 0.3) is 0 Å². The lowest BCUT2D eigenvalue weighted by atomic mass is 9.94. The molecule has 98 valence electrons. The molecule has 1 saturated heterocycles. The molecular weight excluding hydrogens is 228 g/mol. The minimum absolute atomic E-state index is 0.00793. The predicted molar refractivity (Wildman–Crippen MR) is 67.9 cm³/mol. The number of aryl methyl sites for hydroxylation is 1. The molecule has 1 aromatic rings. The summed E-state index contributed by atoms with van der Waals surface area (Å²) in [5.74, 6) is 3.09. The van der Waals surface area contributed by atoms with E-state index in [1.165, 1.54) is 19.3 Å². The van der Waals surface area contributed by atoms with Crippen molar-refractivity contribution in [1.82, 2.24) is 10.6 Å². The molecule has 4 heteroatoms. The van der Waals surface area contributed by atoms with Crippen LogP contribution in [0.15, 0.2) is 16.5 Å². The van der Waals surface area contributed by atoms with Crippen LogP contribution in [-0.4, -0.2) is 18.5 Å². The number of rotatable bonds is 3. The maximum absolute atomic E-state index is 12.2. The van der Waals surface area contributed by atoms with E-state index in [0.29, 0.717) is 18.4 Å². The summed E-state index contributed by atoms with van der Waals surface area (Å²) in [6.45, 7) is 3.40. The molecule has 0 spiro atoms. The van der Waals surface area contributed by atoms with Crippen molar-refractivity contribution in [2.45, 2.75) is 38.8 Å². The van der Waals surface area contributed by atoms with Gasteiger partial charge in [0.1, 0.15) is 11.5 Å². The lowest BCUT2D eigenvalue weighted by molar-refractivity contribution is -0.124. The minimum Gasteiger partial charge on any atom is -0.465 e. The first kappa shape index (κ1) is 11.8. The van der Waals surface area contributed by atoms with E-state index >= 15 is 0 Å². The van der Waals surface area contributed by atoms with Gasteiger partial charge in [0, 0.05) is 0 Å². The highest BCUT2D eigenvalue weighted by molar-refractivity contribution is 5.82. The Balaban J connectivity index is 1.55. The van der Waals surface area contributed by atoms with Gasteiger partial charge in [-0.3, -0.25) is 4.79 Å². The van der Waals surface area contributed by atoms with Gasteiger partial charge in [0.05, 0.1) is 12.6 Å². The van der Waals surface area contributed by atoms with Gasteiger partial charge in [0.25, 0.3) is 0 Å². The number of hydrogen-bond acceptors (Lipinski definition) is 3. The minimum atomic E-state index is 0.00793. The molecule has 3 unspecified atom stereocenters. The van der Waals surface area contributed by atoms with Gasteiger partial charge in [-0.15, -0.1) is 0 Å². The zero-order valence-corrected chi connectivity index (χ0v) is 10.7. The normalized spacial score (nSPS) is 30.4. The van der Waals surface area contributed by atoms with Crippen LogP contribution in [-0.2, 0) is 11.3 Å². The highest BCUT2D eigenvalue weighted by Gasteiger charge is 2.42. The van der Waals surface area contributed by atoms with Gasteiger partial charge in [0.2, 0.25) is 5.91 Å². The number of amides is 1. The SMILES string of the molecule is Cc1ccc(CNC(=O)C2NCC3CCCC32)o1. The third-order valence-corrected chi connectivity index (χ3v) is 4.26. The van der Waals surface area contributed by atoms with Crippen LogP contribution >= 0.6 is 0 Å². The van der Waals surface area contributed by atoms with Gasteiger partial charge in [-0.25, -0.2) is 0 Å². The van der Waals surface area contributed by atoms with E-state index in [1.54, 1.807) is 0 Å². The largest absolute Gasteiger partial charge is 0.465 e. The number of furan rings is 1. The molecule has 0 radical (unpaired) electrons. The summed E-state index contributed by atoms with van der Waals surface area (Å²) in [4.78, 5) is 12.2. The van der Waals surface area contributed by atoms with Crippen LogP contribution in [0.1, 0.15) is 30.8 Å². The van der Waals surface area contributed by atoms with Gasteiger partial charge in [0.15, 0.2) is 0 Å². The van der Waals surface area contributed by atoms with Crippen molar-refractivity contribution in [2.75, 3.05) is 6.54 Å². The summed E-state index contributed by atoms with van der Waals surface area (Å²) >= 11 is 0. The molecule has 1 aliphatic carbocycles. The highest BCUT2D eigenvalue weighted by atomic mass is 16.3. The van der Waals surface area contributed by atoms with E-state index in [-0.39, 0.29) is 11.9 Å². The fourth-order valence-corrected chi connectivity index (χ4v) is 3.34. The van der Waals surface area contributed by atoms with Gasteiger partial charge in [-0.2, -0.15) is 0 Å². The van der Waals surface area contributed by atoms with Gasteiger partial charge in [-0.1, -0.05) is 6.42 Å². The average molecular weight is 248 g/mol. The Morgan fingerprint density at radius 2 is 2.39 bits per heavy atom. The molecule has 2 fully saturated rings. The summed E-state index contributed by atoms with van der Waals surface area (Å²) in [5.41, 5.74) is 0. The number of carbonyl (C=O) groups is 1. The summed E-state index contributed by atoms with van der Waals surface area (Å²) in [7, 11) is 0. The third kappa shape index (κ3) is 2.17. The lowest BCUT2D eigenvalue weighted by Gasteiger charge is -2.17. The number of carbonyl (C=O) groups excluding carboxylic acids is 1. The van der Waals surface area contributed by atoms with Crippen LogP contribution in [0, 0.1) is 18.8 Å². The predicted octanol–water partition coefficient (Wildman–Crippen LogP) is 1.59. The van der Waals surface area contributed by atoms with Crippen molar-refractivity contribution in [2.24, 2.45) is 11.8 Å². The molecule has 1 aliphatic heterocycles. The van der Waals surface area contributed by atoms with Crippen molar-refractivity contribution in [3.05, 3.63) is 23.7 Å². The monoisotopic (exact) mass is 248 g/mol. The summed E-state index contributed by atoms with van der Waals surface area (Å²) < 4.78 is 5.45. The van der Waals surface area contributed by atoms with Crippen molar-refractivity contribution in [1.29, 1.82) is 0 Å². The molecule has 0 bridgehead atoms. The first-order chi connectivity index (χ1) is 8.74. The second-order valence-electron chi connectivity index (χ2n) is 5.47. The van der Waals surface area contributed by atoms with E-state index in [4.69, 9.17) is 4.42 Å². The van der Waals surface area contributed by atoms with Gasteiger partial charge in [-0.05, 0) is 50.3 Å². The molecule has 2 N–H and O–H groups in total. The molecule has 4 nitrogen and oxygen atoms in total. The molecule has 2 aliphatic rings. The Morgan fingerprint density at radius 3 is 3.17 bits per heavy atom. The zero-order valence-electron chi connectivity index (χ0n) is 10.7. The molecule has 1 saturated carbocycles. The van der Waals surface area contributed by atoms with Crippen molar-refractivity contribution in [3.63, 3.8) is 0 Å². The summed E-state index contributed by atoms with van der Waals surface area (Å²) in [6, 6.07) is 3.84. The molecule has 3 atom stereocenters. The molecule has 2 heterocycles.